The molecule has 3 aromatic rings. The first kappa shape index (κ1) is 25.5. The van der Waals surface area contributed by atoms with Crippen LogP contribution < -0.4 is 4.72 Å². The molecule has 13 heteroatoms. The van der Waals surface area contributed by atoms with Crippen LogP contribution in [0.1, 0.15) is 29.7 Å². The van der Waals surface area contributed by atoms with Crippen molar-refractivity contribution in [3.8, 4) is 0 Å². The summed E-state index contributed by atoms with van der Waals surface area (Å²) in [6.45, 7) is 1.21. The van der Waals surface area contributed by atoms with Crippen molar-refractivity contribution in [3.63, 3.8) is 0 Å². The average molecular weight is 581 g/mol. The van der Waals surface area contributed by atoms with Gasteiger partial charge in [0.05, 0.1) is 36.7 Å². The van der Waals surface area contributed by atoms with E-state index in [9.17, 15) is 13.2 Å². The molecule has 1 N–H and O–H groups in total. The molecule has 0 atom stereocenters. The molecule has 180 valence electrons. The normalized spacial score (nSPS) is 14.9. The molecule has 1 aromatic carbocycles. The van der Waals surface area contributed by atoms with Crippen molar-refractivity contribution < 1.29 is 17.9 Å². The van der Waals surface area contributed by atoms with Gasteiger partial charge in [-0.1, -0.05) is 58.5 Å². The number of hydrogen-bond donors (Lipinski definition) is 1. The van der Waals surface area contributed by atoms with Gasteiger partial charge in [-0.25, -0.2) is 13.1 Å². The fraction of sp³-hybridized carbons (Fsp3) is 0.238. The Morgan fingerprint density at radius 2 is 1.97 bits per heavy atom. The number of carbonyl (C=O) groups excluding carboxylic acids is 1. The van der Waals surface area contributed by atoms with Crippen LogP contribution in [0.25, 0.3) is 5.57 Å². The van der Waals surface area contributed by atoms with Gasteiger partial charge in [-0.3, -0.25) is 9.48 Å². The number of allylic oxidation sites excluding steroid dienone is 1. The molecule has 0 fully saturated rings. The molecule has 1 aliphatic heterocycles. The van der Waals surface area contributed by atoms with Crippen molar-refractivity contribution in [2.75, 3.05) is 6.61 Å². The highest BCUT2D eigenvalue weighted by atomic mass is 35.5. The van der Waals surface area contributed by atoms with E-state index in [4.69, 9.17) is 51.1 Å². The molecule has 3 heterocycles. The van der Waals surface area contributed by atoms with Crippen LogP contribution in [0.5, 0.6) is 0 Å². The number of nitrogens with one attached hydrogen (secondary N) is 1. The van der Waals surface area contributed by atoms with Crippen molar-refractivity contribution in [2.45, 2.75) is 30.2 Å². The van der Waals surface area contributed by atoms with Crippen LogP contribution in [-0.4, -0.2) is 30.7 Å². The Kier molecular flexibility index (Phi) is 7.93. The van der Waals surface area contributed by atoms with Gasteiger partial charge in [0.15, 0.2) is 0 Å². The van der Waals surface area contributed by atoms with E-state index in [0.717, 1.165) is 33.7 Å². The van der Waals surface area contributed by atoms with Crippen molar-refractivity contribution in [3.05, 3.63) is 72.8 Å². The molecule has 0 saturated heterocycles. The second kappa shape index (κ2) is 10.6. The number of amides is 1. The minimum Gasteiger partial charge on any atom is -0.372 e. The lowest BCUT2D eigenvalue weighted by atomic mass is 10.0. The maximum Gasteiger partial charge on any atom is 0.273 e. The van der Waals surface area contributed by atoms with Crippen LogP contribution in [0.4, 0.5) is 0 Å². The van der Waals surface area contributed by atoms with E-state index in [1.54, 1.807) is 18.3 Å². The third kappa shape index (κ3) is 5.79. The Morgan fingerprint density at radius 1 is 1.18 bits per heavy atom. The van der Waals surface area contributed by atoms with Crippen LogP contribution in [0, 0.1) is 0 Å². The quantitative estimate of drug-likeness (QED) is 0.381. The lowest BCUT2D eigenvalue weighted by Crippen LogP contribution is -2.29. The van der Waals surface area contributed by atoms with Gasteiger partial charge >= 0.3 is 0 Å². The third-order valence-electron chi connectivity index (χ3n) is 4.97. The van der Waals surface area contributed by atoms with E-state index in [-0.39, 0.29) is 20.0 Å². The summed E-state index contributed by atoms with van der Waals surface area (Å²) in [6.07, 6.45) is 3.85. The smallest absolute Gasteiger partial charge is 0.273 e. The number of carbonyl (C=O) groups is 1. The monoisotopic (exact) mass is 579 g/mol. The standard InChI is InChI=1S/C21H17Cl4N3O4S2/c22-15-5-4-12(16(23)6-15)9-28-20-13(10-32-11-14(20)8-26-28)2-1-3-18(29)27-34(30,31)19-7-17(24)21(25)33-19/h2,4-8H,1,3,9-11H2,(H,27,29)/b13-2+. The van der Waals surface area contributed by atoms with Gasteiger partial charge in [0.1, 0.15) is 8.55 Å². The maximum atomic E-state index is 12.4. The highest BCUT2D eigenvalue weighted by molar-refractivity contribution is 7.92. The van der Waals surface area contributed by atoms with Crippen LogP contribution in [0.3, 0.4) is 0 Å². The van der Waals surface area contributed by atoms with E-state index < -0.39 is 15.9 Å². The minimum absolute atomic E-state index is 0.0396. The van der Waals surface area contributed by atoms with Gasteiger partial charge in [-0.2, -0.15) is 5.10 Å². The Labute approximate surface area is 220 Å². The number of rotatable bonds is 7. The number of hydrogen-bond acceptors (Lipinski definition) is 6. The van der Waals surface area contributed by atoms with Crippen molar-refractivity contribution in [1.29, 1.82) is 0 Å². The van der Waals surface area contributed by atoms with Gasteiger partial charge in [0, 0.05) is 22.0 Å². The van der Waals surface area contributed by atoms with E-state index in [1.165, 1.54) is 6.07 Å². The molecule has 1 amide bonds. The lowest BCUT2D eigenvalue weighted by molar-refractivity contribution is -0.119. The first-order valence-electron chi connectivity index (χ1n) is 9.90. The van der Waals surface area contributed by atoms with Gasteiger partial charge in [-0.15, -0.1) is 11.3 Å². The largest absolute Gasteiger partial charge is 0.372 e. The zero-order valence-corrected chi connectivity index (χ0v) is 22.0. The first-order chi connectivity index (χ1) is 16.1. The molecule has 4 rings (SSSR count). The number of fused-ring (bicyclic) bond motifs is 1. The highest BCUT2D eigenvalue weighted by Crippen LogP contribution is 2.34. The number of thiophene rings is 1. The molecule has 0 bridgehead atoms. The topological polar surface area (TPSA) is 90.3 Å². The van der Waals surface area contributed by atoms with E-state index in [0.29, 0.717) is 36.2 Å². The molecule has 0 spiro atoms. The summed E-state index contributed by atoms with van der Waals surface area (Å²) in [6, 6.07) is 6.50. The summed E-state index contributed by atoms with van der Waals surface area (Å²) in [7, 11) is -4.04. The van der Waals surface area contributed by atoms with Gasteiger partial charge < -0.3 is 4.74 Å². The molecule has 7 nitrogen and oxygen atoms in total. The SMILES string of the molecule is O=C(CC/C=C1\COCc2cnn(Cc3ccc(Cl)cc3Cl)c21)NS(=O)(=O)c1cc(Cl)c(Cl)s1. The van der Waals surface area contributed by atoms with Gasteiger partial charge in [0.25, 0.3) is 10.0 Å². The number of halogens is 4. The number of aromatic nitrogens is 2. The zero-order valence-electron chi connectivity index (χ0n) is 17.4. The first-order valence-corrected chi connectivity index (χ1v) is 13.7. The van der Waals surface area contributed by atoms with E-state index >= 15 is 0 Å². The number of nitrogens with zero attached hydrogens (tertiary/aromatic N) is 2. The lowest BCUT2D eigenvalue weighted by Gasteiger charge is -2.19. The summed E-state index contributed by atoms with van der Waals surface area (Å²) >= 11 is 24.7. The summed E-state index contributed by atoms with van der Waals surface area (Å²) in [5.74, 6) is -0.643. The zero-order chi connectivity index (χ0) is 24.5. The molecule has 0 unspecified atom stereocenters. The van der Waals surface area contributed by atoms with E-state index in [2.05, 4.69) is 5.10 Å². The molecular weight excluding hydrogens is 564 g/mol. The Hall–Kier alpha value is -1.59. The molecule has 0 saturated carbocycles. The minimum atomic E-state index is -4.04. The second-order valence-electron chi connectivity index (χ2n) is 7.39. The predicted molar refractivity (Wildman–Crippen MR) is 134 cm³/mol. The molecular formula is C21H17Cl4N3O4S2. The second-order valence-corrected chi connectivity index (χ2v) is 12.2. The third-order valence-corrected chi connectivity index (χ3v) is 9.27. The number of sulfonamides is 1. The maximum absolute atomic E-state index is 12.4. The van der Waals surface area contributed by atoms with Crippen LogP contribution in [-0.2, 0) is 32.7 Å². The fourth-order valence-electron chi connectivity index (χ4n) is 3.42. The summed E-state index contributed by atoms with van der Waals surface area (Å²) in [4.78, 5) is 12.3. The Balaban J connectivity index is 1.45. The van der Waals surface area contributed by atoms with Crippen LogP contribution in [0.2, 0.25) is 19.4 Å². The van der Waals surface area contributed by atoms with Gasteiger partial charge in [-0.05, 0) is 35.8 Å². The summed E-state index contributed by atoms with van der Waals surface area (Å²) < 4.78 is 34.3. The Morgan fingerprint density at radius 3 is 2.68 bits per heavy atom. The molecule has 0 aliphatic carbocycles. The summed E-state index contributed by atoms with van der Waals surface area (Å²) in [5, 5.41) is 5.68. The van der Waals surface area contributed by atoms with E-state index in [1.807, 2.05) is 21.5 Å². The molecule has 34 heavy (non-hydrogen) atoms. The molecule has 2 aromatic heterocycles. The fourth-order valence-corrected chi connectivity index (χ4v) is 6.78. The van der Waals surface area contributed by atoms with Crippen LogP contribution in [0.15, 0.2) is 40.7 Å². The number of ether oxygens (including phenoxy) is 1. The van der Waals surface area contributed by atoms with Crippen molar-refractivity contribution in [1.82, 2.24) is 14.5 Å². The number of benzene rings is 1. The summed E-state index contributed by atoms with van der Waals surface area (Å²) in [5.41, 5.74) is 3.53. The van der Waals surface area contributed by atoms with Crippen LogP contribution >= 0.6 is 57.7 Å². The molecule has 1 aliphatic rings. The van der Waals surface area contributed by atoms with Gasteiger partial charge in [0.2, 0.25) is 5.91 Å². The predicted octanol–water partition coefficient (Wildman–Crippen LogP) is 5.81. The van der Waals surface area contributed by atoms with Crippen molar-refractivity contribution >= 4 is 79.2 Å². The average Bonchev–Trinajstić information content (AvgIpc) is 3.34. The van der Waals surface area contributed by atoms with Crippen molar-refractivity contribution in [2.24, 2.45) is 0 Å². The highest BCUT2D eigenvalue weighted by Gasteiger charge is 2.23. The Bertz CT molecular complexity index is 1360. The molecule has 0 radical (unpaired) electrons.